The number of benzene rings is 1. The van der Waals surface area contributed by atoms with E-state index in [9.17, 15) is 4.79 Å². The molecule has 14 heavy (non-hydrogen) atoms. The van der Waals surface area contributed by atoms with Crippen LogP contribution in [-0.2, 0) is 11.2 Å². The normalized spacial score (nSPS) is 12.4. The summed E-state index contributed by atoms with van der Waals surface area (Å²) < 4.78 is 0. The van der Waals surface area contributed by atoms with Crippen LogP contribution in [0, 0.1) is 0 Å². The van der Waals surface area contributed by atoms with Crippen molar-refractivity contribution in [2.24, 2.45) is 0 Å². The molecule has 0 saturated heterocycles. The van der Waals surface area contributed by atoms with E-state index in [0.717, 1.165) is 10.5 Å². The van der Waals surface area contributed by atoms with Crippen molar-refractivity contribution in [3.05, 3.63) is 29.8 Å². The highest BCUT2D eigenvalue weighted by molar-refractivity contribution is 7.98. The number of alkyl halides is 1. The summed E-state index contributed by atoms with van der Waals surface area (Å²) in [5.74, 6) is -0.971. The molecule has 0 heterocycles. The maximum Gasteiger partial charge on any atom is 0.321 e. The molecule has 0 radical (unpaired) electrons. The van der Waals surface area contributed by atoms with Gasteiger partial charge < -0.3 is 5.11 Å². The van der Waals surface area contributed by atoms with Gasteiger partial charge in [0, 0.05) is 4.90 Å². The van der Waals surface area contributed by atoms with E-state index in [1.165, 1.54) is 0 Å². The summed E-state index contributed by atoms with van der Waals surface area (Å²) in [6, 6.07) is 7.74. The lowest BCUT2D eigenvalue weighted by atomic mass is 10.1. The minimum absolute atomic E-state index is 0.366. The molecule has 0 fully saturated rings. The molecule has 0 aliphatic rings. The number of carbonyl (C=O) groups is 1. The monoisotopic (exact) mass is 230 g/mol. The van der Waals surface area contributed by atoms with Crippen LogP contribution in [0.3, 0.4) is 0 Å². The number of rotatable bonds is 4. The third kappa shape index (κ3) is 3.24. The summed E-state index contributed by atoms with van der Waals surface area (Å²) in [6.45, 7) is 0. The lowest BCUT2D eigenvalue weighted by Crippen LogP contribution is -2.15. The van der Waals surface area contributed by atoms with Crippen molar-refractivity contribution in [3.63, 3.8) is 0 Å². The third-order valence-corrected chi connectivity index (χ3v) is 2.88. The highest BCUT2D eigenvalue weighted by atomic mass is 35.5. The Morgan fingerprint density at radius 2 is 2.36 bits per heavy atom. The van der Waals surface area contributed by atoms with E-state index in [2.05, 4.69) is 0 Å². The molecule has 0 aliphatic carbocycles. The number of carboxylic acids is 1. The quantitative estimate of drug-likeness (QED) is 0.638. The van der Waals surface area contributed by atoms with Gasteiger partial charge in [-0.3, -0.25) is 4.79 Å². The number of thioether (sulfide) groups is 1. The molecule has 0 bridgehead atoms. The minimum Gasteiger partial charge on any atom is -0.480 e. The topological polar surface area (TPSA) is 37.3 Å². The smallest absolute Gasteiger partial charge is 0.321 e. The summed E-state index contributed by atoms with van der Waals surface area (Å²) in [4.78, 5) is 11.6. The molecular formula is C10H11ClO2S. The molecule has 1 atom stereocenters. The Morgan fingerprint density at radius 1 is 1.64 bits per heavy atom. The van der Waals surface area contributed by atoms with Gasteiger partial charge in [-0.15, -0.1) is 23.4 Å². The molecule has 0 aliphatic heterocycles. The summed E-state index contributed by atoms with van der Waals surface area (Å²) in [5, 5.41) is 7.79. The van der Waals surface area contributed by atoms with E-state index in [-0.39, 0.29) is 0 Å². The van der Waals surface area contributed by atoms with E-state index in [0.29, 0.717) is 6.42 Å². The van der Waals surface area contributed by atoms with Crippen LogP contribution in [0.4, 0.5) is 0 Å². The Labute approximate surface area is 92.3 Å². The lowest BCUT2D eigenvalue weighted by molar-refractivity contribution is -0.136. The lowest BCUT2D eigenvalue weighted by Gasteiger charge is -2.05. The minimum atomic E-state index is -0.971. The fourth-order valence-corrected chi connectivity index (χ4v) is 1.76. The van der Waals surface area contributed by atoms with Crippen LogP contribution in [0.2, 0.25) is 0 Å². The molecule has 2 nitrogen and oxygen atoms in total. The molecule has 76 valence electrons. The summed E-state index contributed by atoms with van der Waals surface area (Å²) in [5.41, 5.74) is 0.958. The largest absolute Gasteiger partial charge is 0.480 e. The second-order valence-electron chi connectivity index (χ2n) is 2.86. The molecule has 0 amide bonds. The SMILES string of the molecule is CSc1cccc(CC(Cl)C(=O)O)c1. The van der Waals surface area contributed by atoms with Crippen molar-refractivity contribution in [3.8, 4) is 0 Å². The maximum absolute atomic E-state index is 10.5. The molecule has 0 aromatic heterocycles. The Kier molecular flexibility index (Phi) is 4.29. The maximum atomic E-state index is 10.5. The number of hydrogen-bond donors (Lipinski definition) is 1. The van der Waals surface area contributed by atoms with Gasteiger partial charge in [-0.25, -0.2) is 0 Å². The van der Waals surface area contributed by atoms with Gasteiger partial charge in [0.1, 0.15) is 5.38 Å². The van der Waals surface area contributed by atoms with Crippen molar-refractivity contribution in [1.29, 1.82) is 0 Å². The number of hydrogen-bond acceptors (Lipinski definition) is 2. The Balaban J connectivity index is 2.71. The van der Waals surface area contributed by atoms with Gasteiger partial charge in [-0.05, 0) is 30.4 Å². The van der Waals surface area contributed by atoms with Crippen molar-refractivity contribution in [2.75, 3.05) is 6.26 Å². The molecule has 1 unspecified atom stereocenters. The molecule has 1 rings (SSSR count). The van der Waals surface area contributed by atoms with Crippen LogP contribution in [0.1, 0.15) is 5.56 Å². The van der Waals surface area contributed by atoms with Crippen molar-refractivity contribution in [1.82, 2.24) is 0 Å². The predicted octanol–water partition coefficient (Wildman–Crippen LogP) is 2.64. The zero-order valence-corrected chi connectivity index (χ0v) is 9.31. The summed E-state index contributed by atoms with van der Waals surface area (Å²) >= 11 is 7.27. The van der Waals surface area contributed by atoms with E-state index in [1.54, 1.807) is 11.8 Å². The second kappa shape index (κ2) is 5.27. The number of aliphatic carboxylic acids is 1. The Bertz CT molecular complexity index is 328. The zero-order valence-electron chi connectivity index (χ0n) is 7.74. The first-order chi connectivity index (χ1) is 6.63. The predicted molar refractivity (Wildman–Crippen MR) is 59.2 cm³/mol. The van der Waals surface area contributed by atoms with Crippen molar-refractivity contribution in [2.45, 2.75) is 16.7 Å². The van der Waals surface area contributed by atoms with Gasteiger partial charge in [0.05, 0.1) is 0 Å². The summed E-state index contributed by atoms with van der Waals surface area (Å²) in [6.07, 6.45) is 2.35. The highest BCUT2D eigenvalue weighted by Crippen LogP contribution is 2.17. The van der Waals surface area contributed by atoms with Crippen LogP contribution in [0.25, 0.3) is 0 Å². The average Bonchev–Trinajstić information content (AvgIpc) is 2.18. The summed E-state index contributed by atoms with van der Waals surface area (Å²) in [7, 11) is 0. The zero-order chi connectivity index (χ0) is 10.6. The van der Waals surface area contributed by atoms with E-state index in [4.69, 9.17) is 16.7 Å². The van der Waals surface area contributed by atoms with Crippen molar-refractivity contribution >= 4 is 29.3 Å². The molecule has 4 heteroatoms. The van der Waals surface area contributed by atoms with Gasteiger partial charge in [0.2, 0.25) is 0 Å². The molecule has 0 saturated carbocycles. The van der Waals surface area contributed by atoms with Crippen LogP contribution in [0.5, 0.6) is 0 Å². The van der Waals surface area contributed by atoms with Gasteiger partial charge in [-0.1, -0.05) is 12.1 Å². The highest BCUT2D eigenvalue weighted by Gasteiger charge is 2.13. The van der Waals surface area contributed by atoms with Crippen LogP contribution < -0.4 is 0 Å². The fourth-order valence-electron chi connectivity index (χ4n) is 1.09. The standard InChI is InChI=1S/C10H11ClO2S/c1-14-8-4-2-3-7(5-8)6-9(11)10(12)13/h2-5,9H,6H2,1H3,(H,12,13). The average molecular weight is 231 g/mol. The first-order valence-corrected chi connectivity index (χ1v) is 5.79. The molecule has 0 spiro atoms. The molecule has 1 aromatic rings. The first kappa shape index (κ1) is 11.4. The second-order valence-corrected chi connectivity index (χ2v) is 4.27. The van der Waals surface area contributed by atoms with Gasteiger partial charge in [-0.2, -0.15) is 0 Å². The fraction of sp³-hybridized carbons (Fsp3) is 0.300. The molecular weight excluding hydrogens is 220 g/mol. The van der Waals surface area contributed by atoms with E-state index >= 15 is 0 Å². The van der Waals surface area contributed by atoms with Gasteiger partial charge in [0.25, 0.3) is 0 Å². The molecule has 1 N–H and O–H groups in total. The van der Waals surface area contributed by atoms with E-state index in [1.807, 2.05) is 30.5 Å². The Morgan fingerprint density at radius 3 is 2.93 bits per heavy atom. The van der Waals surface area contributed by atoms with E-state index < -0.39 is 11.3 Å². The van der Waals surface area contributed by atoms with Crippen LogP contribution in [0.15, 0.2) is 29.2 Å². The van der Waals surface area contributed by atoms with Gasteiger partial charge in [0.15, 0.2) is 0 Å². The number of carboxylic acid groups (broad SMARTS) is 1. The van der Waals surface area contributed by atoms with Crippen molar-refractivity contribution < 1.29 is 9.90 Å². The Hall–Kier alpha value is -0.670. The van der Waals surface area contributed by atoms with Crippen LogP contribution in [-0.4, -0.2) is 22.7 Å². The third-order valence-electron chi connectivity index (χ3n) is 1.82. The van der Waals surface area contributed by atoms with Crippen LogP contribution >= 0.6 is 23.4 Å². The number of halogens is 1. The van der Waals surface area contributed by atoms with Gasteiger partial charge >= 0.3 is 5.97 Å². The first-order valence-electron chi connectivity index (χ1n) is 4.13. The molecule has 1 aromatic carbocycles.